The third-order valence-corrected chi connectivity index (χ3v) is 4.10. The molecule has 0 aliphatic rings. The van der Waals surface area contributed by atoms with E-state index < -0.39 is 11.9 Å². The Bertz CT molecular complexity index is 605. The van der Waals surface area contributed by atoms with Crippen LogP contribution in [0.25, 0.3) is 0 Å². The summed E-state index contributed by atoms with van der Waals surface area (Å²) in [5.41, 5.74) is 0. The normalized spacial score (nSPS) is 11.2. The lowest BCUT2D eigenvalue weighted by Crippen LogP contribution is -2.06. The monoisotopic (exact) mass is 392 g/mol. The second-order valence-electron chi connectivity index (χ2n) is 6.22. The van der Waals surface area contributed by atoms with Crippen molar-refractivity contribution in [3.05, 3.63) is 53.6 Å². The van der Waals surface area contributed by atoms with Crippen LogP contribution in [0.2, 0.25) is 5.02 Å². The fourth-order valence-electron chi connectivity index (χ4n) is 2.37. The summed E-state index contributed by atoms with van der Waals surface area (Å²) in [7, 11) is 0. The molecule has 0 radical (unpaired) electrons. The molecular weight excluding hydrogens is 364 g/mol. The zero-order valence-electron chi connectivity index (χ0n) is 16.0. The summed E-state index contributed by atoms with van der Waals surface area (Å²) in [5, 5.41) is 0.550. The van der Waals surface area contributed by atoms with Gasteiger partial charge in [-0.05, 0) is 37.1 Å². The number of esters is 2. The van der Waals surface area contributed by atoms with E-state index in [1.165, 1.54) is 38.5 Å². The summed E-state index contributed by atoms with van der Waals surface area (Å²) in [5.74, 6) is -0.872. The minimum absolute atomic E-state index is 0.200. The molecule has 4 nitrogen and oxygen atoms in total. The molecule has 1 rings (SSSR count). The third kappa shape index (κ3) is 12.8. The van der Waals surface area contributed by atoms with Gasteiger partial charge in [-0.2, -0.15) is 0 Å². The van der Waals surface area contributed by atoms with Gasteiger partial charge in [0, 0.05) is 17.2 Å². The average molecular weight is 393 g/mol. The SMILES string of the molecule is CCCCCCCCC/C=C/COC(=O)/C=C/C(=O)Oc1ccc(Cl)cc1. The van der Waals surface area contributed by atoms with Gasteiger partial charge in [-0.3, -0.25) is 0 Å². The average Bonchev–Trinajstić information content (AvgIpc) is 2.66. The van der Waals surface area contributed by atoms with Crippen molar-refractivity contribution in [2.24, 2.45) is 0 Å². The third-order valence-electron chi connectivity index (χ3n) is 3.85. The van der Waals surface area contributed by atoms with Crippen LogP contribution in [0.5, 0.6) is 5.75 Å². The van der Waals surface area contributed by atoms with Gasteiger partial charge in [0.05, 0.1) is 0 Å². The molecule has 0 atom stereocenters. The van der Waals surface area contributed by atoms with Crippen molar-refractivity contribution >= 4 is 23.5 Å². The Morgan fingerprint density at radius 2 is 1.52 bits per heavy atom. The molecule has 0 spiro atoms. The number of ether oxygens (including phenoxy) is 2. The predicted molar refractivity (Wildman–Crippen MR) is 109 cm³/mol. The first-order chi connectivity index (χ1) is 13.1. The molecule has 0 fully saturated rings. The first-order valence-corrected chi connectivity index (χ1v) is 9.97. The summed E-state index contributed by atoms with van der Waals surface area (Å²) in [6.45, 7) is 2.42. The second-order valence-corrected chi connectivity index (χ2v) is 6.66. The maximum atomic E-state index is 11.6. The van der Waals surface area contributed by atoms with E-state index in [-0.39, 0.29) is 6.61 Å². The number of carbonyl (C=O) groups is 2. The highest BCUT2D eigenvalue weighted by Crippen LogP contribution is 2.15. The van der Waals surface area contributed by atoms with Gasteiger partial charge in [0.25, 0.3) is 0 Å². The highest BCUT2D eigenvalue weighted by Gasteiger charge is 2.02. The summed E-state index contributed by atoms with van der Waals surface area (Å²) in [6.07, 6.45) is 15.9. The fraction of sp³-hybridized carbons (Fsp3) is 0.455. The number of unbranched alkanes of at least 4 members (excludes halogenated alkanes) is 7. The van der Waals surface area contributed by atoms with Crippen LogP contribution in [0, 0.1) is 0 Å². The van der Waals surface area contributed by atoms with E-state index in [0.29, 0.717) is 10.8 Å². The summed E-state index contributed by atoms with van der Waals surface area (Å²) < 4.78 is 10.0. The quantitative estimate of drug-likeness (QED) is 0.135. The molecule has 0 saturated heterocycles. The first kappa shape index (κ1) is 23.0. The smallest absolute Gasteiger partial charge is 0.336 e. The Labute approximate surface area is 167 Å². The summed E-state index contributed by atoms with van der Waals surface area (Å²) >= 11 is 5.75. The number of benzene rings is 1. The Kier molecular flexibility index (Phi) is 12.8. The predicted octanol–water partition coefficient (Wildman–Crippen LogP) is 6.04. The van der Waals surface area contributed by atoms with Crippen molar-refractivity contribution in [2.45, 2.75) is 58.3 Å². The van der Waals surface area contributed by atoms with Gasteiger partial charge in [-0.1, -0.05) is 69.2 Å². The molecule has 0 saturated carbocycles. The van der Waals surface area contributed by atoms with Crippen molar-refractivity contribution in [3.8, 4) is 5.75 Å². The molecule has 0 unspecified atom stereocenters. The first-order valence-electron chi connectivity index (χ1n) is 9.59. The van der Waals surface area contributed by atoms with E-state index >= 15 is 0 Å². The van der Waals surface area contributed by atoms with E-state index in [2.05, 4.69) is 6.92 Å². The van der Waals surface area contributed by atoms with E-state index in [1.807, 2.05) is 12.2 Å². The highest BCUT2D eigenvalue weighted by molar-refractivity contribution is 6.30. The van der Waals surface area contributed by atoms with Crippen molar-refractivity contribution in [1.29, 1.82) is 0 Å². The van der Waals surface area contributed by atoms with Crippen LogP contribution in [0.15, 0.2) is 48.6 Å². The standard InChI is InChI=1S/C22H29ClO4/c1-2-3-4-5-6-7-8-9-10-11-18-26-21(24)16-17-22(25)27-20-14-12-19(23)13-15-20/h10-17H,2-9,18H2,1H3/b11-10+,17-16+. The zero-order valence-corrected chi connectivity index (χ0v) is 16.7. The number of allylic oxidation sites excluding steroid dienone is 1. The molecule has 0 heterocycles. The molecule has 0 amide bonds. The largest absolute Gasteiger partial charge is 0.458 e. The van der Waals surface area contributed by atoms with Gasteiger partial charge in [-0.15, -0.1) is 0 Å². The Morgan fingerprint density at radius 3 is 2.22 bits per heavy atom. The van der Waals surface area contributed by atoms with Crippen LogP contribution >= 0.6 is 11.6 Å². The maximum absolute atomic E-state index is 11.6. The van der Waals surface area contributed by atoms with Gasteiger partial charge in [0.15, 0.2) is 0 Å². The van der Waals surface area contributed by atoms with Gasteiger partial charge < -0.3 is 9.47 Å². The molecule has 5 heteroatoms. The van der Waals surface area contributed by atoms with Gasteiger partial charge in [0.2, 0.25) is 0 Å². The molecule has 0 aliphatic carbocycles. The van der Waals surface area contributed by atoms with Crippen LogP contribution in [0.1, 0.15) is 58.3 Å². The lowest BCUT2D eigenvalue weighted by atomic mass is 10.1. The topological polar surface area (TPSA) is 52.6 Å². The van der Waals surface area contributed by atoms with Crippen molar-refractivity contribution < 1.29 is 19.1 Å². The number of carbonyl (C=O) groups excluding carboxylic acids is 2. The number of hydrogen-bond donors (Lipinski definition) is 0. The molecule has 148 valence electrons. The number of hydrogen-bond acceptors (Lipinski definition) is 4. The molecule has 1 aromatic carbocycles. The molecule has 0 N–H and O–H groups in total. The maximum Gasteiger partial charge on any atom is 0.336 e. The van der Waals surface area contributed by atoms with Crippen LogP contribution in [-0.4, -0.2) is 18.5 Å². The second kappa shape index (κ2) is 15.0. The summed E-state index contributed by atoms with van der Waals surface area (Å²) in [6, 6.07) is 6.37. The molecule has 0 bridgehead atoms. The Hall–Kier alpha value is -2.07. The minimum atomic E-state index is -0.649. The van der Waals surface area contributed by atoms with Crippen molar-refractivity contribution in [1.82, 2.24) is 0 Å². The van der Waals surface area contributed by atoms with Gasteiger partial charge >= 0.3 is 11.9 Å². The number of halogens is 1. The number of rotatable bonds is 13. The van der Waals surface area contributed by atoms with Crippen molar-refractivity contribution in [2.75, 3.05) is 6.61 Å². The van der Waals surface area contributed by atoms with E-state index in [4.69, 9.17) is 21.1 Å². The lowest BCUT2D eigenvalue weighted by Gasteiger charge is -2.01. The minimum Gasteiger partial charge on any atom is -0.458 e. The molecule has 27 heavy (non-hydrogen) atoms. The van der Waals surface area contributed by atoms with Crippen molar-refractivity contribution in [3.63, 3.8) is 0 Å². The Balaban J connectivity index is 2.08. The van der Waals surface area contributed by atoms with Crippen LogP contribution in [0.4, 0.5) is 0 Å². The molecular formula is C22H29ClO4. The fourth-order valence-corrected chi connectivity index (χ4v) is 2.50. The molecule has 0 aliphatic heterocycles. The van der Waals surface area contributed by atoms with E-state index in [0.717, 1.165) is 25.0 Å². The van der Waals surface area contributed by atoms with Gasteiger partial charge in [0.1, 0.15) is 12.4 Å². The Morgan fingerprint density at radius 1 is 0.889 bits per heavy atom. The lowest BCUT2D eigenvalue weighted by molar-refractivity contribution is -0.137. The molecule has 1 aromatic rings. The van der Waals surface area contributed by atoms with Gasteiger partial charge in [-0.25, -0.2) is 9.59 Å². The zero-order chi connectivity index (χ0) is 19.7. The van der Waals surface area contributed by atoms with E-state index in [9.17, 15) is 9.59 Å². The van der Waals surface area contributed by atoms with Crippen LogP contribution < -0.4 is 4.74 Å². The van der Waals surface area contributed by atoms with Crippen LogP contribution in [-0.2, 0) is 14.3 Å². The summed E-state index contributed by atoms with van der Waals surface area (Å²) in [4.78, 5) is 23.1. The van der Waals surface area contributed by atoms with Crippen LogP contribution in [0.3, 0.4) is 0 Å². The molecule has 0 aromatic heterocycles. The highest BCUT2D eigenvalue weighted by atomic mass is 35.5. The van der Waals surface area contributed by atoms with E-state index in [1.54, 1.807) is 24.3 Å².